The zero-order chi connectivity index (χ0) is 26.8. The van der Waals surface area contributed by atoms with Gasteiger partial charge in [-0.25, -0.2) is 18.4 Å². The van der Waals surface area contributed by atoms with E-state index >= 15 is 0 Å². The number of nitrogens with two attached hydrogens (primary N) is 1. The lowest BCUT2D eigenvalue weighted by molar-refractivity contribution is 0.0997. The Balaban J connectivity index is 1.65. The van der Waals surface area contributed by atoms with Crippen LogP contribution in [0.2, 0.25) is 0 Å². The minimum atomic E-state index is -3.60. The number of hydrogen-bond donors (Lipinski definition) is 2. The number of aromatic amines is 1. The van der Waals surface area contributed by atoms with E-state index in [-0.39, 0.29) is 11.3 Å². The lowest BCUT2D eigenvalue weighted by Crippen LogP contribution is -2.34. The van der Waals surface area contributed by atoms with Gasteiger partial charge in [0, 0.05) is 29.4 Å². The maximum Gasteiger partial charge on any atom is 0.269 e. The Morgan fingerprint density at radius 2 is 1.87 bits per heavy atom. The highest BCUT2D eigenvalue weighted by molar-refractivity contribution is 7.92. The predicted octanol–water partition coefficient (Wildman–Crippen LogP) is 3.05. The smallest absolute Gasteiger partial charge is 0.269 e. The van der Waals surface area contributed by atoms with Crippen molar-refractivity contribution in [3.05, 3.63) is 82.3 Å². The minimum Gasteiger partial charge on any atom is -0.364 e. The van der Waals surface area contributed by atoms with Crippen molar-refractivity contribution < 1.29 is 13.2 Å². The number of aromatic nitrogens is 4. The molecule has 4 heterocycles. The quantitative estimate of drug-likeness (QED) is 0.367. The number of benzene rings is 2. The van der Waals surface area contributed by atoms with Crippen LogP contribution in [0.4, 0.5) is 5.69 Å². The minimum absolute atomic E-state index is 0.0374. The van der Waals surface area contributed by atoms with E-state index in [4.69, 9.17) is 5.73 Å². The Labute approximate surface area is 217 Å². The molecule has 2 aromatic carbocycles. The van der Waals surface area contributed by atoms with Crippen LogP contribution in [0.25, 0.3) is 38.6 Å². The first-order chi connectivity index (χ1) is 18.2. The molecule has 0 fully saturated rings. The third-order valence-electron chi connectivity index (χ3n) is 7.07. The number of carbonyl (C=O) groups is 1. The maximum absolute atomic E-state index is 13.3. The Morgan fingerprint density at radius 1 is 1.08 bits per heavy atom. The van der Waals surface area contributed by atoms with Crippen molar-refractivity contribution >= 4 is 43.4 Å². The first-order valence-corrected chi connectivity index (χ1v) is 13.9. The van der Waals surface area contributed by atoms with Gasteiger partial charge in [0.15, 0.2) is 5.69 Å². The molecule has 0 aliphatic carbocycles. The first-order valence-electron chi connectivity index (χ1n) is 12.0. The molecule has 5 aromatic rings. The van der Waals surface area contributed by atoms with Gasteiger partial charge in [-0.05, 0) is 49.1 Å². The molecule has 192 valence electrons. The van der Waals surface area contributed by atoms with Crippen LogP contribution in [0.1, 0.15) is 28.2 Å². The summed E-state index contributed by atoms with van der Waals surface area (Å²) in [7, 11) is -3.60. The standard InChI is InChI=1S/C27H24N6O4S/c1-15-16(8-5-11-21(15)32-14-30-19-9-4-3-7-17(19)27(32)35)18-13-29-24(26(28)34)23-22(18)25-20(31-23)10-6-12-33(25)38(2,36)37/h3-5,7-9,11,13-14,31H,6,10,12H2,1-2H3,(H2,28,34). The number of aryl methyl sites for hydroxylation is 1. The number of rotatable bonds is 4. The number of fused-ring (bicyclic) bond motifs is 4. The lowest BCUT2D eigenvalue weighted by Gasteiger charge is -2.27. The monoisotopic (exact) mass is 528 g/mol. The number of H-pyrrole nitrogens is 1. The molecule has 11 heteroatoms. The van der Waals surface area contributed by atoms with Crippen LogP contribution in [-0.2, 0) is 16.4 Å². The van der Waals surface area contributed by atoms with Gasteiger partial charge in [-0.1, -0.05) is 24.3 Å². The molecule has 1 aliphatic rings. The average Bonchev–Trinajstić information content (AvgIpc) is 3.28. The summed E-state index contributed by atoms with van der Waals surface area (Å²) in [6.07, 6.45) is 5.46. The molecule has 3 aromatic heterocycles. The molecular formula is C27H24N6O4S. The van der Waals surface area contributed by atoms with E-state index < -0.39 is 15.9 Å². The molecule has 0 bridgehead atoms. The van der Waals surface area contributed by atoms with E-state index in [1.165, 1.54) is 21.5 Å². The van der Waals surface area contributed by atoms with Crippen LogP contribution >= 0.6 is 0 Å². The summed E-state index contributed by atoms with van der Waals surface area (Å²) in [5.41, 5.74) is 10.4. The van der Waals surface area contributed by atoms with Crippen LogP contribution in [0, 0.1) is 6.92 Å². The molecule has 0 unspecified atom stereocenters. The molecule has 0 saturated carbocycles. The van der Waals surface area contributed by atoms with Crippen molar-refractivity contribution in [1.29, 1.82) is 0 Å². The number of anilines is 1. The highest BCUT2D eigenvalue weighted by Gasteiger charge is 2.31. The summed E-state index contributed by atoms with van der Waals surface area (Å²) in [5, 5.41) is 1.05. The van der Waals surface area contributed by atoms with Gasteiger partial charge >= 0.3 is 0 Å². The van der Waals surface area contributed by atoms with Crippen molar-refractivity contribution in [2.45, 2.75) is 19.8 Å². The Hall–Kier alpha value is -4.51. The van der Waals surface area contributed by atoms with Crippen LogP contribution in [-0.4, -0.2) is 46.6 Å². The number of carbonyl (C=O) groups excluding carboxylic acids is 1. The van der Waals surface area contributed by atoms with E-state index in [2.05, 4.69) is 15.0 Å². The number of para-hydroxylation sites is 1. The third-order valence-corrected chi connectivity index (χ3v) is 8.23. The molecule has 0 saturated heterocycles. The van der Waals surface area contributed by atoms with Crippen LogP contribution in [0.15, 0.2) is 59.8 Å². The van der Waals surface area contributed by atoms with Gasteiger partial charge in [-0.15, -0.1) is 0 Å². The van der Waals surface area contributed by atoms with Crippen LogP contribution < -0.4 is 15.6 Å². The summed E-state index contributed by atoms with van der Waals surface area (Å²) in [6, 6.07) is 12.7. The Bertz CT molecular complexity index is 1960. The molecule has 1 aliphatic heterocycles. The molecule has 0 radical (unpaired) electrons. The number of amides is 1. The van der Waals surface area contributed by atoms with Gasteiger partial charge in [-0.3, -0.25) is 18.5 Å². The first kappa shape index (κ1) is 23.9. The molecule has 10 nitrogen and oxygen atoms in total. The van der Waals surface area contributed by atoms with E-state index in [9.17, 15) is 18.0 Å². The Morgan fingerprint density at radius 3 is 2.63 bits per heavy atom. The molecule has 0 atom stereocenters. The Kier molecular flexibility index (Phi) is 5.35. The number of nitrogens with one attached hydrogen (secondary N) is 1. The second-order valence-corrected chi connectivity index (χ2v) is 11.3. The predicted molar refractivity (Wildman–Crippen MR) is 146 cm³/mol. The summed E-state index contributed by atoms with van der Waals surface area (Å²) in [6.45, 7) is 2.21. The fourth-order valence-electron chi connectivity index (χ4n) is 5.35. The molecule has 3 N–H and O–H groups in total. The fourth-order valence-corrected chi connectivity index (χ4v) is 6.34. The summed E-state index contributed by atoms with van der Waals surface area (Å²) in [5.74, 6) is -0.717. The van der Waals surface area contributed by atoms with Crippen molar-refractivity contribution in [3.63, 3.8) is 0 Å². The number of hydrogen-bond acceptors (Lipinski definition) is 6. The van der Waals surface area contributed by atoms with Gasteiger partial charge in [0.2, 0.25) is 10.0 Å². The molecule has 38 heavy (non-hydrogen) atoms. The SMILES string of the molecule is Cc1c(-c2cnc(C(N)=O)c3[nH]c4c(c23)N(S(C)(=O)=O)CCC4)cccc1-n1cnc2ccccc2c1=O. The zero-order valence-electron chi connectivity index (χ0n) is 20.7. The van der Waals surface area contributed by atoms with E-state index in [1.54, 1.807) is 24.4 Å². The second kappa shape index (κ2) is 8.52. The van der Waals surface area contributed by atoms with Gasteiger partial charge < -0.3 is 10.7 Å². The fraction of sp³-hybridized carbons (Fsp3) is 0.185. The maximum atomic E-state index is 13.3. The van der Waals surface area contributed by atoms with Crippen molar-refractivity contribution in [2.24, 2.45) is 5.73 Å². The van der Waals surface area contributed by atoms with Gasteiger partial charge in [0.25, 0.3) is 11.5 Å². The average molecular weight is 529 g/mol. The molecule has 1 amide bonds. The normalized spacial score (nSPS) is 13.7. The summed E-state index contributed by atoms with van der Waals surface area (Å²) in [4.78, 5) is 37.7. The summed E-state index contributed by atoms with van der Waals surface area (Å²) < 4.78 is 28.4. The zero-order valence-corrected chi connectivity index (χ0v) is 21.5. The van der Waals surface area contributed by atoms with Crippen LogP contribution in [0.3, 0.4) is 0 Å². The van der Waals surface area contributed by atoms with Gasteiger partial charge in [0.05, 0.1) is 34.1 Å². The van der Waals surface area contributed by atoms with Crippen LogP contribution in [0.5, 0.6) is 0 Å². The van der Waals surface area contributed by atoms with Crippen molar-refractivity contribution in [2.75, 3.05) is 17.1 Å². The molecule has 6 rings (SSSR count). The highest BCUT2D eigenvalue weighted by Crippen LogP contribution is 2.43. The van der Waals surface area contributed by atoms with Gasteiger partial charge in [0.1, 0.15) is 6.33 Å². The van der Waals surface area contributed by atoms with E-state index in [1.807, 2.05) is 31.2 Å². The second-order valence-electron chi connectivity index (χ2n) is 9.41. The van der Waals surface area contributed by atoms with E-state index in [0.717, 1.165) is 11.1 Å². The lowest BCUT2D eigenvalue weighted by atomic mass is 9.95. The third kappa shape index (κ3) is 3.58. The largest absolute Gasteiger partial charge is 0.364 e. The number of nitrogens with zero attached hydrogens (tertiary/aromatic N) is 4. The molecular weight excluding hydrogens is 504 g/mol. The molecule has 0 spiro atoms. The highest BCUT2D eigenvalue weighted by atomic mass is 32.2. The number of sulfonamides is 1. The summed E-state index contributed by atoms with van der Waals surface area (Å²) >= 11 is 0. The number of pyridine rings is 1. The number of primary amides is 1. The van der Waals surface area contributed by atoms with E-state index in [0.29, 0.717) is 63.8 Å². The van der Waals surface area contributed by atoms with Crippen molar-refractivity contribution in [3.8, 4) is 16.8 Å². The van der Waals surface area contributed by atoms with Gasteiger partial charge in [-0.2, -0.15) is 0 Å². The topological polar surface area (TPSA) is 144 Å². The van der Waals surface area contributed by atoms with Crippen molar-refractivity contribution in [1.82, 2.24) is 19.5 Å².